The summed E-state index contributed by atoms with van der Waals surface area (Å²) in [6.07, 6.45) is 2.01. The van der Waals surface area contributed by atoms with Crippen molar-refractivity contribution in [2.75, 3.05) is 18.7 Å². The number of thioether (sulfide) groups is 1. The molecule has 5 heteroatoms. The van der Waals surface area contributed by atoms with Crippen LogP contribution in [-0.4, -0.2) is 19.3 Å². The third kappa shape index (κ3) is 3.92. The molecule has 0 aliphatic carbocycles. The Morgan fingerprint density at radius 3 is 2.24 bits per heavy atom. The number of ether oxygens (including phenoxy) is 1. The number of rotatable bonds is 6. The number of methoxy groups -OCH3 is 1. The van der Waals surface area contributed by atoms with Gasteiger partial charge in [0, 0.05) is 10.6 Å². The fourth-order valence-corrected chi connectivity index (χ4v) is 2.38. The van der Waals surface area contributed by atoms with Crippen LogP contribution in [0, 0.1) is 0 Å². The van der Waals surface area contributed by atoms with Crippen LogP contribution in [0.1, 0.15) is 11.6 Å². The minimum atomic E-state index is -0.561. The Kier molecular flexibility index (Phi) is 5.11. The summed E-state index contributed by atoms with van der Waals surface area (Å²) in [4.78, 5) is 12.9. The van der Waals surface area contributed by atoms with E-state index in [0.717, 1.165) is 21.9 Å². The number of benzene rings is 2. The zero-order valence-electron chi connectivity index (χ0n) is 12.0. The molecule has 0 fully saturated rings. The summed E-state index contributed by atoms with van der Waals surface area (Å²) in [5.41, 5.74) is 7.17. The molecule has 0 aliphatic heterocycles. The van der Waals surface area contributed by atoms with E-state index in [2.05, 4.69) is 5.32 Å². The Bertz CT molecular complexity index is 597. The molecular weight excluding hydrogens is 284 g/mol. The lowest BCUT2D eigenvalue weighted by molar-refractivity contribution is -0.118. The van der Waals surface area contributed by atoms with E-state index in [4.69, 9.17) is 10.5 Å². The fourth-order valence-electron chi connectivity index (χ4n) is 1.97. The van der Waals surface area contributed by atoms with Gasteiger partial charge in [-0.2, -0.15) is 0 Å². The molecule has 0 spiro atoms. The lowest BCUT2D eigenvalue weighted by Gasteiger charge is -2.17. The number of carbonyl (C=O) groups is 1. The van der Waals surface area contributed by atoms with Crippen molar-refractivity contribution >= 4 is 23.4 Å². The van der Waals surface area contributed by atoms with Gasteiger partial charge in [-0.1, -0.05) is 12.1 Å². The van der Waals surface area contributed by atoms with Gasteiger partial charge in [0.25, 0.3) is 0 Å². The van der Waals surface area contributed by atoms with Crippen LogP contribution in [0.3, 0.4) is 0 Å². The van der Waals surface area contributed by atoms with E-state index in [-0.39, 0.29) is 0 Å². The number of nitrogens with one attached hydrogen (secondary N) is 1. The number of amides is 1. The lowest BCUT2D eigenvalue weighted by Crippen LogP contribution is -2.27. The first kappa shape index (κ1) is 15.3. The molecule has 4 nitrogen and oxygen atoms in total. The smallest absolute Gasteiger partial charge is 0.244 e. The predicted molar refractivity (Wildman–Crippen MR) is 86.8 cm³/mol. The fraction of sp³-hybridized carbons (Fsp3) is 0.188. The predicted octanol–water partition coefficient (Wildman–Crippen LogP) is 3.06. The molecule has 2 rings (SSSR count). The van der Waals surface area contributed by atoms with E-state index < -0.39 is 11.9 Å². The zero-order chi connectivity index (χ0) is 15.2. The Morgan fingerprint density at radius 1 is 1.14 bits per heavy atom. The third-order valence-electron chi connectivity index (χ3n) is 3.13. The van der Waals surface area contributed by atoms with Gasteiger partial charge in [-0.05, 0) is 48.2 Å². The maximum atomic E-state index is 11.7. The minimum Gasteiger partial charge on any atom is -0.497 e. The van der Waals surface area contributed by atoms with Gasteiger partial charge in [0.1, 0.15) is 11.8 Å². The molecule has 2 aromatic carbocycles. The van der Waals surface area contributed by atoms with Gasteiger partial charge in [0.15, 0.2) is 0 Å². The van der Waals surface area contributed by atoms with E-state index in [1.807, 2.05) is 54.8 Å². The van der Waals surface area contributed by atoms with Crippen LogP contribution in [0.2, 0.25) is 0 Å². The summed E-state index contributed by atoms with van der Waals surface area (Å²) in [6.45, 7) is 0. The van der Waals surface area contributed by atoms with Crippen molar-refractivity contribution in [3.05, 3.63) is 54.1 Å². The average Bonchev–Trinajstić information content (AvgIpc) is 2.53. The van der Waals surface area contributed by atoms with Crippen LogP contribution in [0.15, 0.2) is 53.4 Å². The highest BCUT2D eigenvalue weighted by atomic mass is 32.2. The minimum absolute atomic E-state index is 0.414. The van der Waals surface area contributed by atoms with Gasteiger partial charge < -0.3 is 15.8 Å². The molecule has 0 saturated heterocycles. The molecule has 110 valence electrons. The van der Waals surface area contributed by atoms with Crippen LogP contribution >= 0.6 is 11.8 Å². The number of anilines is 1. The van der Waals surface area contributed by atoms with Crippen LogP contribution in [0.4, 0.5) is 5.69 Å². The molecule has 21 heavy (non-hydrogen) atoms. The standard InChI is InChI=1S/C16H18N2O2S/c1-20-13-7-5-12(6-8-13)18-15(16(17)19)11-3-9-14(21-2)10-4-11/h3-10,15,18H,1-2H3,(H2,17,19). The summed E-state index contributed by atoms with van der Waals surface area (Å²) in [6, 6.07) is 14.6. The molecule has 2 aromatic rings. The Balaban J connectivity index is 2.19. The Labute approximate surface area is 128 Å². The van der Waals surface area contributed by atoms with Gasteiger partial charge in [-0.3, -0.25) is 4.79 Å². The molecule has 0 bridgehead atoms. The Hall–Kier alpha value is -2.14. The number of hydrogen-bond acceptors (Lipinski definition) is 4. The first-order chi connectivity index (χ1) is 10.1. The van der Waals surface area contributed by atoms with Crippen molar-refractivity contribution in [3.63, 3.8) is 0 Å². The van der Waals surface area contributed by atoms with E-state index in [9.17, 15) is 4.79 Å². The normalized spacial score (nSPS) is 11.7. The maximum absolute atomic E-state index is 11.7. The van der Waals surface area contributed by atoms with Crippen LogP contribution < -0.4 is 15.8 Å². The Morgan fingerprint density at radius 2 is 1.76 bits per heavy atom. The first-order valence-electron chi connectivity index (χ1n) is 6.48. The van der Waals surface area contributed by atoms with E-state index in [0.29, 0.717) is 0 Å². The summed E-state index contributed by atoms with van der Waals surface area (Å²) in [7, 11) is 1.61. The second-order valence-corrected chi connectivity index (χ2v) is 5.36. The highest BCUT2D eigenvalue weighted by molar-refractivity contribution is 7.98. The van der Waals surface area contributed by atoms with Gasteiger partial charge in [0.2, 0.25) is 5.91 Å². The lowest BCUT2D eigenvalue weighted by atomic mass is 10.1. The average molecular weight is 302 g/mol. The quantitative estimate of drug-likeness (QED) is 0.805. The molecule has 0 heterocycles. The van der Waals surface area contributed by atoms with Crippen molar-refractivity contribution in [1.29, 1.82) is 0 Å². The molecule has 1 atom stereocenters. The summed E-state index contributed by atoms with van der Waals surface area (Å²) < 4.78 is 5.11. The molecule has 0 radical (unpaired) electrons. The van der Waals surface area contributed by atoms with E-state index in [1.165, 1.54) is 0 Å². The largest absolute Gasteiger partial charge is 0.497 e. The highest BCUT2D eigenvalue weighted by Gasteiger charge is 2.17. The van der Waals surface area contributed by atoms with Crippen LogP contribution in [-0.2, 0) is 4.79 Å². The van der Waals surface area contributed by atoms with Crippen molar-refractivity contribution in [3.8, 4) is 5.75 Å². The second kappa shape index (κ2) is 7.04. The number of carbonyl (C=O) groups excluding carboxylic acids is 1. The summed E-state index contributed by atoms with van der Waals surface area (Å²) in [5, 5.41) is 3.15. The van der Waals surface area contributed by atoms with Crippen molar-refractivity contribution in [2.24, 2.45) is 5.73 Å². The third-order valence-corrected chi connectivity index (χ3v) is 3.88. The van der Waals surface area contributed by atoms with Crippen LogP contribution in [0.25, 0.3) is 0 Å². The molecular formula is C16H18N2O2S. The highest BCUT2D eigenvalue weighted by Crippen LogP contribution is 2.23. The van der Waals surface area contributed by atoms with Gasteiger partial charge in [0.05, 0.1) is 7.11 Å². The number of hydrogen-bond donors (Lipinski definition) is 2. The second-order valence-electron chi connectivity index (χ2n) is 4.48. The number of primary amides is 1. The molecule has 0 aromatic heterocycles. The van der Waals surface area contributed by atoms with Crippen LogP contribution in [0.5, 0.6) is 5.75 Å². The van der Waals surface area contributed by atoms with Crippen molar-refractivity contribution in [2.45, 2.75) is 10.9 Å². The topological polar surface area (TPSA) is 64.3 Å². The maximum Gasteiger partial charge on any atom is 0.244 e. The number of nitrogens with two attached hydrogens (primary N) is 1. The van der Waals surface area contributed by atoms with Gasteiger partial charge in [-0.25, -0.2) is 0 Å². The molecule has 1 amide bonds. The van der Waals surface area contributed by atoms with Gasteiger partial charge in [-0.15, -0.1) is 11.8 Å². The van der Waals surface area contributed by atoms with E-state index in [1.54, 1.807) is 18.9 Å². The summed E-state index contributed by atoms with van der Waals surface area (Å²) >= 11 is 1.66. The molecule has 3 N–H and O–H groups in total. The van der Waals surface area contributed by atoms with Crippen molar-refractivity contribution in [1.82, 2.24) is 0 Å². The SMILES string of the molecule is COc1ccc(NC(C(N)=O)c2ccc(SC)cc2)cc1. The summed E-state index contributed by atoms with van der Waals surface area (Å²) in [5.74, 6) is 0.350. The molecule has 1 unspecified atom stereocenters. The van der Waals surface area contributed by atoms with E-state index >= 15 is 0 Å². The zero-order valence-corrected chi connectivity index (χ0v) is 12.8. The first-order valence-corrected chi connectivity index (χ1v) is 7.70. The van der Waals surface area contributed by atoms with Crippen molar-refractivity contribution < 1.29 is 9.53 Å². The monoisotopic (exact) mass is 302 g/mol. The molecule has 0 aliphatic rings. The molecule has 0 saturated carbocycles. The van der Waals surface area contributed by atoms with Gasteiger partial charge >= 0.3 is 0 Å².